The molecule has 1 fully saturated rings. The van der Waals surface area contributed by atoms with Crippen LogP contribution in [0, 0.1) is 0 Å². The molecule has 0 bridgehead atoms. The second kappa shape index (κ2) is 7.80. The highest BCUT2D eigenvalue weighted by atomic mass is 35.5. The number of carbonyl (C=O) groups is 2. The van der Waals surface area contributed by atoms with Gasteiger partial charge in [0.25, 0.3) is 5.91 Å². The number of rotatable bonds is 3. The zero-order valence-electron chi connectivity index (χ0n) is 13.4. The molecular formula is C17H17Cl2N3O3. The average molecular weight is 382 g/mol. The van der Waals surface area contributed by atoms with Crippen LogP contribution in [0.15, 0.2) is 41.0 Å². The van der Waals surface area contributed by atoms with E-state index in [4.69, 9.17) is 27.6 Å². The SMILES string of the molecule is O=C(NCc1ccc(Cl)cc1Cl)N1CCN(C(=O)c2ccco2)CC1. The lowest BCUT2D eigenvalue weighted by Gasteiger charge is -2.34. The van der Waals surface area contributed by atoms with Gasteiger partial charge < -0.3 is 19.5 Å². The summed E-state index contributed by atoms with van der Waals surface area (Å²) in [6, 6.07) is 8.29. The third-order valence-electron chi connectivity index (χ3n) is 4.03. The number of nitrogens with one attached hydrogen (secondary N) is 1. The zero-order chi connectivity index (χ0) is 17.8. The fourth-order valence-electron chi connectivity index (χ4n) is 2.62. The van der Waals surface area contributed by atoms with Crippen molar-refractivity contribution in [1.82, 2.24) is 15.1 Å². The van der Waals surface area contributed by atoms with Crippen LogP contribution in [-0.2, 0) is 6.54 Å². The largest absolute Gasteiger partial charge is 0.459 e. The maximum atomic E-state index is 12.3. The molecule has 0 saturated carbocycles. The molecule has 3 amide bonds. The van der Waals surface area contributed by atoms with Crippen LogP contribution >= 0.6 is 23.2 Å². The molecule has 25 heavy (non-hydrogen) atoms. The fourth-order valence-corrected chi connectivity index (χ4v) is 3.09. The Morgan fingerprint density at radius 3 is 2.44 bits per heavy atom. The lowest BCUT2D eigenvalue weighted by Crippen LogP contribution is -2.53. The summed E-state index contributed by atoms with van der Waals surface area (Å²) in [5.41, 5.74) is 0.797. The minimum Gasteiger partial charge on any atom is -0.459 e. The van der Waals surface area contributed by atoms with Gasteiger partial charge in [0.1, 0.15) is 0 Å². The van der Waals surface area contributed by atoms with Crippen molar-refractivity contribution >= 4 is 35.1 Å². The Morgan fingerprint density at radius 1 is 1.08 bits per heavy atom. The van der Waals surface area contributed by atoms with Gasteiger partial charge in [0.2, 0.25) is 0 Å². The first-order chi connectivity index (χ1) is 12.0. The lowest BCUT2D eigenvalue weighted by atomic mass is 10.2. The van der Waals surface area contributed by atoms with Gasteiger partial charge in [-0.2, -0.15) is 0 Å². The van der Waals surface area contributed by atoms with Gasteiger partial charge in [0.15, 0.2) is 5.76 Å². The molecule has 3 rings (SSSR count). The zero-order valence-corrected chi connectivity index (χ0v) is 14.9. The Bertz CT molecular complexity index is 757. The van der Waals surface area contributed by atoms with Gasteiger partial charge >= 0.3 is 6.03 Å². The summed E-state index contributed by atoms with van der Waals surface area (Å²) < 4.78 is 5.12. The molecule has 0 radical (unpaired) electrons. The summed E-state index contributed by atoms with van der Waals surface area (Å²) in [5.74, 6) is 0.160. The molecule has 8 heteroatoms. The van der Waals surface area contributed by atoms with E-state index in [2.05, 4.69) is 5.32 Å². The fraction of sp³-hybridized carbons (Fsp3) is 0.294. The highest BCUT2D eigenvalue weighted by molar-refractivity contribution is 6.35. The van der Waals surface area contributed by atoms with Crippen LogP contribution in [0.2, 0.25) is 10.0 Å². The molecule has 1 aliphatic rings. The topological polar surface area (TPSA) is 65.8 Å². The van der Waals surface area contributed by atoms with E-state index in [0.29, 0.717) is 48.5 Å². The van der Waals surface area contributed by atoms with Crippen LogP contribution in [0.1, 0.15) is 16.1 Å². The van der Waals surface area contributed by atoms with Gasteiger partial charge in [-0.1, -0.05) is 29.3 Å². The molecule has 1 aromatic heterocycles. The van der Waals surface area contributed by atoms with E-state index < -0.39 is 0 Å². The van der Waals surface area contributed by atoms with E-state index in [0.717, 1.165) is 5.56 Å². The first-order valence-electron chi connectivity index (χ1n) is 7.84. The highest BCUT2D eigenvalue weighted by Crippen LogP contribution is 2.20. The molecule has 6 nitrogen and oxygen atoms in total. The number of urea groups is 1. The Labute approximate surface area is 155 Å². The van der Waals surface area contributed by atoms with E-state index in [9.17, 15) is 9.59 Å². The normalized spacial score (nSPS) is 14.5. The maximum absolute atomic E-state index is 12.3. The molecule has 1 N–H and O–H groups in total. The van der Waals surface area contributed by atoms with Crippen molar-refractivity contribution < 1.29 is 14.0 Å². The first kappa shape index (κ1) is 17.6. The number of benzene rings is 1. The standard InChI is InChI=1S/C17H17Cl2N3O3/c18-13-4-3-12(14(19)10-13)11-20-17(24)22-7-5-21(6-8-22)16(23)15-2-1-9-25-15/h1-4,9-10H,5-8,11H2,(H,20,24). The number of hydrogen-bond acceptors (Lipinski definition) is 3. The summed E-state index contributed by atoms with van der Waals surface area (Å²) in [6.07, 6.45) is 1.47. The Kier molecular flexibility index (Phi) is 5.50. The van der Waals surface area contributed by atoms with Crippen molar-refractivity contribution in [3.8, 4) is 0 Å². The van der Waals surface area contributed by atoms with E-state index in [-0.39, 0.29) is 11.9 Å². The van der Waals surface area contributed by atoms with Crippen molar-refractivity contribution in [3.63, 3.8) is 0 Å². The summed E-state index contributed by atoms with van der Waals surface area (Å²) in [7, 11) is 0. The molecule has 0 spiro atoms. The molecule has 0 unspecified atom stereocenters. The molecular weight excluding hydrogens is 365 g/mol. The van der Waals surface area contributed by atoms with Crippen LogP contribution in [0.5, 0.6) is 0 Å². The Hall–Kier alpha value is -2.18. The molecule has 1 saturated heterocycles. The monoisotopic (exact) mass is 381 g/mol. The number of carbonyl (C=O) groups excluding carboxylic acids is 2. The molecule has 1 aliphatic heterocycles. The van der Waals surface area contributed by atoms with Crippen LogP contribution in [0.4, 0.5) is 4.79 Å². The van der Waals surface area contributed by atoms with Crippen molar-refractivity contribution in [3.05, 3.63) is 58.0 Å². The third kappa shape index (κ3) is 4.27. The lowest BCUT2D eigenvalue weighted by molar-refractivity contribution is 0.0634. The molecule has 0 atom stereocenters. The van der Waals surface area contributed by atoms with Gasteiger partial charge in [-0.3, -0.25) is 4.79 Å². The third-order valence-corrected chi connectivity index (χ3v) is 4.62. The second-order valence-electron chi connectivity index (χ2n) is 5.65. The van der Waals surface area contributed by atoms with Crippen molar-refractivity contribution in [1.29, 1.82) is 0 Å². The van der Waals surface area contributed by atoms with Gasteiger partial charge in [-0.05, 0) is 29.8 Å². The molecule has 132 valence electrons. The predicted octanol–water partition coefficient (Wildman–Crippen LogP) is 3.25. The van der Waals surface area contributed by atoms with Crippen LogP contribution in [0.25, 0.3) is 0 Å². The Balaban J connectivity index is 1.49. The van der Waals surface area contributed by atoms with Crippen LogP contribution < -0.4 is 5.32 Å². The number of hydrogen-bond donors (Lipinski definition) is 1. The average Bonchev–Trinajstić information content (AvgIpc) is 3.15. The molecule has 1 aromatic carbocycles. The maximum Gasteiger partial charge on any atom is 0.317 e. The van der Waals surface area contributed by atoms with Gasteiger partial charge in [-0.25, -0.2) is 4.79 Å². The van der Waals surface area contributed by atoms with Crippen LogP contribution in [-0.4, -0.2) is 47.9 Å². The van der Waals surface area contributed by atoms with Gasteiger partial charge in [0, 0.05) is 42.8 Å². The van der Waals surface area contributed by atoms with Crippen molar-refractivity contribution in [2.24, 2.45) is 0 Å². The number of furan rings is 1. The van der Waals surface area contributed by atoms with Crippen LogP contribution in [0.3, 0.4) is 0 Å². The summed E-state index contributed by atoms with van der Waals surface area (Å²) >= 11 is 12.0. The van der Waals surface area contributed by atoms with E-state index in [1.54, 1.807) is 40.1 Å². The summed E-state index contributed by atoms with van der Waals surface area (Å²) in [5, 5.41) is 3.91. The molecule has 2 aromatic rings. The van der Waals surface area contributed by atoms with Gasteiger partial charge in [-0.15, -0.1) is 0 Å². The number of halogens is 2. The van der Waals surface area contributed by atoms with Crippen molar-refractivity contribution in [2.45, 2.75) is 6.54 Å². The van der Waals surface area contributed by atoms with Crippen molar-refractivity contribution in [2.75, 3.05) is 26.2 Å². The minimum absolute atomic E-state index is 0.155. The predicted molar refractivity (Wildman–Crippen MR) is 94.9 cm³/mol. The number of nitrogens with zero attached hydrogens (tertiary/aromatic N) is 2. The second-order valence-corrected chi connectivity index (χ2v) is 6.49. The minimum atomic E-state index is -0.184. The summed E-state index contributed by atoms with van der Waals surface area (Å²) in [4.78, 5) is 27.8. The molecule has 2 heterocycles. The van der Waals surface area contributed by atoms with E-state index in [1.807, 2.05) is 0 Å². The number of amides is 3. The quantitative estimate of drug-likeness (QED) is 0.886. The van der Waals surface area contributed by atoms with E-state index >= 15 is 0 Å². The smallest absolute Gasteiger partial charge is 0.317 e. The Morgan fingerprint density at radius 2 is 1.80 bits per heavy atom. The van der Waals surface area contributed by atoms with E-state index in [1.165, 1.54) is 6.26 Å². The highest BCUT2D eigenvalue weighted by Gasteiger charge is 2.25. The molecule has 0 aliphatic carbocycles. The first-order valence-corrected chi connectivity index (χ1v) is 8.59. The summed E-state index contributed by atoms with van der Waals surface area (Å²) in [6.45, 7) is 2.18. The number of piperazine rings is 1. The van der Waals surface area contributed by atoms with Gasteiger partial charge in [0.05, 0.1) is 6.26 Å².